The summed E-state index contributed by atoms with van der Waals surface area (Å²) in [5.41, 5.74) is 0. The molecule has 2 rings (SSSR count). The number of hydrogen-bond acceptors (Lipinski definition) is 6. The molecule has 19 heavy (non-hydrogen) atoms. The van der Waals surface area contributed by atoms with Gasteiger partial charge in [0.15, 0.2) is 0 Å². The van der Waals surface area contributed by atoms with E-state index in [0.717, 1.165) is 12.8 Å². The number of unbranched alkanes of at least 4 members (excludes halogenated alkanes) is 5. The van der Waals surface area contributed by atoms with Crippen LogP contribution in [0.25, 0.3) is 0 Å². The Labute approximate surface area is 114 Å². The van der Waals surface area contributed by atoms with Gasteiger partial charge in [-0.05, 0) is 6.42 Å². The highest BCUT2D eigenvalue weighted by Gasteiger charge is 2.64. The number of nitrogens with zero attached hydrogens (tertiary/aromatic N) is 1. The molecule has 2 heterocycles. The van der Waals surface area contributed by atoms with Gasteiger partial charge in [-0.2, -0.15) is 16.8 Å². The first-order chi connectivity index (χ1) is 9.00. The van der Waals surface area contributed by atoms with Crippen LogP contribution in [0.5, 0.6) is 0 Å². The summed E-state index contributed by atoms with van der Waals surface area (Å²) >= 11 is 0. The minimum atomic E-state index is -3.94. The molecule has 0 aromatic heterocycles. The number of likely N-dealkylation sites (tertiary alicyclic amines) is 1. The fourth-order valence-corrected chi connectivity index (χ4v) is 3.50. The monoisotopic (exact) mass is 291 g/mol. The quantitative estimate of drug-likeness (QED) is 0.663. The van der Waals surface area contributed by atoms with E-state index in [4.69, 9.17) is 8.37 Å². The summed E-state index contributed by atoms with van der Waals surface area (Å²) < 4.78 is 31.4. The van der Waals surface area contributed by atoms with Crippen molar-refractivity contribution in [1.82, 2.24) is 4.90 Å². The van der Waals surface area contributed by atoms with E-state index in [1.807, 2.05) is 0 Å². The standard InChI is InChI=1S/C12H21NO5S/c1-2-3-4-5-6-7-9-13-10-8-11(14)12(13)17-19(15,16)18-12/h2-10H2,1H3. The normalized spacial score (nSPS) is 24.8. The van der Waals surface area contributed by atoms with Gasteiger partial charge < -0.3 is 0 Å². The number of carbonyl (C=O) groups excluding carboxylic acids is 1. The highest BCUT2D eigenvalue weighted by Crippen LogP contribution is 2.40. The molecule has 2 saturated heterocycles. The van der Waals surface area contributed by atoms with E-state index in [0.29, 0.717) is 13.1 Å². The van der Waals surface area contributed by atoms with Crippen molar-refractivity contribution in [2.24, 2.45) is 0 Å². The van der Waals surface area contributed by atoms with Crippen LogP contribution in [0.2, 0.25) is 0 Å². The zero-order chi connectivity index (χ0) is 13.9. The molecule has 0 unspecified atom stereocenters. The van der Waals surface area contributed by atoms with E-state index in [2.05, 4.69) is 6.92 Å². The molecule has 6 nitrogen and oxygen atoms in total. The van der Waals surface area contributed by atoms with Gasteiger partial charge >= 0.3 is 16.3 Å². The third-order valence-corrected chi connectivity index (χ3v) is 4.45. The zero-order valence-corrected chi connectivity index (χ0v) is 12.1. The molecule has 7 heteroatoms. The van der Waals surface area contributed by atoms with Crippen molar-refractivity contribution < 1.29 is 21.6 Å². The summed E-state index contributed by atoms with van der Waals surface area (Å²) in [5.74, 6) is -1.92. The van der Waals surface area contributed by atoms with Crippen LogP contribution in [-0.2, 0) is 23.6 Å². The Kier molecular flexibility index (Phi) is 4.60. The number of ketones is 1. The lowest BCUT2D eigenvalue weighted by atomic mass is 10.1. The molecule has 110 valence electrons. The van der Waals surface area contributed by atoms with Crippen molar-refractivity contribution in [2.45, 2.75) is 57.8 Å². The van der Waals surface area contributed by atoms with Gasteiger partial charge in [-0.15, -0.1) is 0 Å². The lowest BCUT2D eigenvalue weighted by molar-refractivity contribution is -0.248. The molecule has 0 aliphatic carbocycles. The second kappa shape index (κ2) is 5.87. The van der Waals surface area contributed by atoms with Crippen molar-refractivity contribution in [2.75, 3.05) is 13.1 Å². The second-order valence-corrected chi connectivity index (χ2v) is 6.23. The van der Waals surface area contributed by atoms with E-state index in [1.54, 1.807) is 4.90 Å². The lowest BCUT2D eigenvalue weighted by Crippen LogP contribution is -2.62. The Balaban J connectivity index is 1.76. The topological polar surface area (TPSA) is 72.9 Å². The molecule has 2 fully saturated rings. The number of rotatable bonds is 7. The maximum absolute atomic E-state index is 11.7. The summed E-state index contributed by atoms with van der Waals surface area (Å²) in [5, 5.41) is 0. The number of Topliss-reactive ketones (excluding diaryl/α,β-unsaturated/α-hetero) is 1. The van der Waals surface area contributed by atoms with Crippen LogP contribution >= 0.6 is 0 Å². The van der Waals surface area contributed by atoms with Gasteiger partial charge in [0.25, 0.3) is 0 Å². The summed E-state index contributed by atoms with van der Waals surface area (Å²) in [6.45, 7) is 3.31. The molecule has 0 amide bonds. The largest absolute Gasteiger partial charge is 0.408 e. The van der Waals surface area contributed by atoms with Crippen molar-refractivity contribution in [3.05, 3.63) is 0 Å². The molecular formula is C12H21NO5S. The molecule has 0 atom stereocenters. The van der Waals surface area contributed by atoms with Gasteiger partial charge in [-0.3, -0.25) is 4.79 Å². The van der Waals surface area contributed by atoms with Crippen molar-refractivity contribution in [3.63, 3.8) is 0 Å². The van der Waals surface area contributed by atoms with Gasteiger partial charge in [-0.1, -0.05) is 39.0 Å². The Morgan fingerprint density at radius 3 is 2.42 bits per heavy atom. The molecule has 0 aromatic carbocycles. The molecule has 0 N–H and O–H groups in total. The van der Waals surface area contributed by atoms with Crippen LogP contribution in [-0.4, -0.2) is 38.1 Å². The van der Waals surface area contributed by atoms with Crippen LogP contribution in [0.15, 0.2) is 0 Å². The van der Waals surface area contributed by atoms with Gasteiger partial charge in [-0.25, -0.2) is 4.90 Å². The molecular weight excluding hydrogens is 270 g/mol. The fraction of sp³-hybridized carbons (Fsp3) is 0.917. The number of carbonyl (C=O) groups is 1. The van der Waals surface area contributed by atoms with Crippen LogP contribution in [0.1, 0.15) is 51.9 Å². The summed E-state index contributed by atoms with van der Waals surface area (Å²) in [6.07, 6.45) is 7.13. The maximum Gasteiger partial charge on any atom is 0.408 e. The predicted octanol–water partition coefficient (Wildman–Crippen LogP) is 1.57. The van der Waals surface area contributed by atoms with Crippen LogP contribution in [0.3, 0.4) is 0 Å². The first-order valence-electron chi connectivity index (χ1n) is 6.95. The van der Waals surface area contributed by atoms with E-state index in [1.165, 1.54) is 25.7 Å². The van der Waals surface area contributed by atoms with Crippen LogP contribution < -0.4 is 0 Å². The van der Waals surface area contributed by atoms with Gasteiger partial charge in [0.2, 0.25) is 5.78 Å². The average molecular weight is 291 g/mol. The molecule has 1 spiro atoms. The van der Waals surface area contributed by atoms with Gasteiger partial charge in [0.1, 0.15) is 0 Å². The summed E-state index contributed by atoms with van der Waals surface area (Å²) in [7, 11) is -3.94. The van der Waals surface area contributed by atoms with E-state index >= 15 is 0 Å². The molecule has 0 bridgehead atoms. The van der Waals surface area contributed by atoms with E-state index < -0.39 is 16.3 Å². The Morgan fingerprint density at radius 1 is 1.16 bits per heavy atom. The zero-order valence-electron chi connectivity index (χ0n) is 11.3. The Bertz CT molecular complexity index is 421. The SMILES string of the molecule is CCCCCCCCN1CCC(=O)C12OS(=O)(=O)O2. The third kappa shape index (κ3) is 3.16. The first-order valence-corrected chi connectivity index (χ1v) is 8.28. The minimum absolute atomic E-state index is 0.283. The lowest BCUT2D eigenvalue weighted by Gasteiger charge is -2.40. The van der Waals surface area contributed by atoms with Crippen LogP contribution in [0, 0.1) is 0 Å². The minimum Gasteiger partial charge on any atom is -0.292 e. The average Bonchev–Trinajstić information content (AvgIpc) is 2.61. The third-order valence-electron chi connectivity index (χ3n) is 3.59. The Morgan fingerprint density at radius 2 is 1.79 bits per heavy atom. The highest BCUT2D eigenvalue weighted by atomic mass is 32.3. The van der Waals surface area contributed by atoms with Crippen LogP contribution in [0.4, 0.5) is 0 Å². The predicted molar refractivity (Wildman–Crippen MR) is 68.4 cm³/mol. The van der Waals surface area contributed by atoms with Crippen molar-refractivity contribution >= 4 is 16.2 Å². The van der Waals surface area contributed by atoms with Crippen molar-refractivity contribution in [3.8, 4) is 0 Å². The molecule has 0 saturated carbocycles. The second-order valence-electron chi connectivity index (χ2n) is 5.08. The van der Waals surface area contributed by atoms with E-state index in [-0.39, 0.29) is 12.2 Å². The fourth-order valence-electron chi connectivity index (χ4n) is 2.54. The van der Waals surface area contributed by atoms with Gasteiger partial charge in [0, 0.05) is 19.5 Å². The molecule has 0 aromatic rings. The highest BCUT2D eigenvalue weighted by molar-refractivity contribution is 7.83. The Hall–Kier alpha value is -0.500. The first kappa shape index (κ1) is 14.9. The van der Waals surface area contributed by atoms with Crippen molar-refractivity contribution in [1.29, 1.82) is 0 Å². The summed E-state index contributed by atoms with van der Waals surface area (Å²) in [4.78, 5) is 13.4. The molecule has 2 aliphatic rings. The molecule has 0 radical (unpaired) electrons. The summed E-state index contributed by atoms with van der Waals surface area (Å²) in [6, 6.07) is 0. The maximum atomic E-state index is 11.7. The number of hydrogen-bond donors (Lipinski definition) is 0. The van der Waals surface area contributed by atoms with E-state index in [9.17, 15) is 13.2 Å². The smallest absolute Gasteiger partial charge is 0.292 e. The molecule has 2 aliphatic heterocycles. The van der Waals surface area contributed by atoms with Gasteiger partial charge in [0.05, 0.1) is 0 Å².